The third-order valence-electron chi connectivity index (χ3n) is 9.35. The van der Waals surface area contributed by atoms with E-state index in [2.05, 4.69) is 15.2 Å². The molecule has 5 rings (SSSR count). The lowest BCUT2D eigenvalue weighted by molar-refractivity contribution is -0.154. The lowest BCUT2D eigenvalue weighted by atomic mass is 9.76. The van der Waals surface area contributed by atoms with Crippen molar-refractivity contribution in [1.82, 2.24) is 19.6 Å². The van der Waals surface area contributed by atoms with Crippen LogP contribution in [-0.4, -0.2) is 82.0 Å². The van der Waals surface area contributed by atoms with Crippen LogP contribution in [0.4, 0.5) is 19.3 Å². The van der Waals surface area contributed by atoms with Gasteiger partial charge in [-0.15, -0.1) is 0 Å². The number of aromatic nitrogens is 2. The minimum Gasteiger partial charge on any atom is -0.481 e. The van der Waals surface area contributed by atoms with Crippen LogP contribution in [0.25, 0.3) is 0 Å². The van der Waals surface area contributed by atoms with E-state index in [1.165, 1.54) is 18.2 Å². The molecule has 2 N–H and O–H groups in total. The summed E-state index contributed by atoms with van der Waals surface area (Å²) in [5, 5.41) is 17.9. The Labute approximate surface area is 282 Å². The van der Waals surface area contributed by atoms with Crippen molar-refractivity contribution in [3.8, 4) is 5.75 Å². The highest BCUT2D eigenvalue weighted by Crippen LogP contribution is 2.39. The SMILES string of the molecule is CC(C)c1ccnn1C1(C(=O)Nc2ccc(Cl)cc2OC(F)F)CCN(CC2(C(=O)O)CCN(C(=O)OCc3ccccc3)CC2)CC1. The topological polar surface area (TPSA) is 126 Å². The summed E-state index contributed by atoms with van der Waals surface area (Å²) in [6.07, 6.45) is 2.23. The first-order valence-corrected chi connectivity index (χ1v) is 16.3. The molecule has 2 saturated heterocycles. The number of ether oxygens (including phenoxy) is 2. The number of halogens is 3. The third kappa shape index (κ3) is 7.73. The van der Waals surface area contributed by atoms with Gasteiger partial charge in [-0.3, -0.25) is 14.3 Å². The van der Waals surface area contributed by atoms with E-state index in [1.54, 1.807) is 15.8 Å². The number of alkyl halides is 2. The number of carbonyl (C=O) groups is 3. The predicted octanol–water partition coefficient (Wildman–Crippen LogP) is 6.19. The Hall–Kier alpha value is -4.23. The van der Waals surface area contributed by atoms with Gasteiger partial charge in [-0.25, -0.2) is 4.79 Å². The zero-order valence-electron chi connectivity index (χ0n) is 26.9. The summed E-state index contributed by atoms with van der Waals surface area (Å²) in [5.41, 5.74) is -0.541. The van der Waals surface area contributed by atoms with Gasteiger partial charge in [-0.2, -0.15) is 13.9 Å². The summed E-state index contributed by atoms with van der Waals surface area (Å²) in [5.74, 6) is -1.62. The van der Waals surface area contributed by atoms with Crippen LogP contribution in [0.15, 0.2) is 60.8 Å². The summed E-state index contributed by atoms with van der Waals surface area (Å²) < 4.78 is 38.2. The van der Waals surface area contributed by atoms with Crippen molar-refractivity contribution >= 4 is 35.3 Å². The van der Waals surface area contributed by atoms with E-state index < -0.39 is 35.5 Å². The number of aliphatic carboxylic acids is 1. The van der Waals surface area contributed by atoms with Crippen LogP contribution in [0.5, 0.6) is 5.75 Å². The Morgan fingerprint density at radius 1 is 1.00 bits per heavy atom. The molecule has 2 aliphatic heterocycles. The predicted molar refractivity (Wildman–Crippen MR) is 174 cm³/mol. The Morgan fingerprint density at radius 2 is 1.69 bits per heavy atom. The number of nitrogens with zero attached hydrogens (tertiary/aromatic N) is 4. The van der Waals surface area contributed by atoms with Gasteiger partial charge in [-0.1, -0.05) is 55.8 Å². The first-order valence-electron chi connectivity index (χ1n) is 15.9. The number of anilines is 1. The first-order chi connectivity index (χ1) is 22.9. The normalized spacial score (nSPS) is 17.7. The average Bonchev–Trinajstić information content (AvgIpc) is 3.57. The van der Waals surface area contributed by atoms with Gasteiger partial charge < -0.3 is 29.7 Å². The van der Waals surface area contributed by atoms with E-state index in [4.69, 9.17) is 16.3 Å². The second-order valence-corrected chi connectivity index (χ2v) is 13.2. The van der Waals surface area contributed by atoms with Crippen molar-refractivity contribution in [1.29, 1.82) is 0 Å². The maximum Gasteiger partial charge on any atom is 0.410 e. The van der Waals surface area contributed by atoms with Crippen LogP contribution in [0.3, 0.4) is 0 Å². The van der Waals surface area contributed by atoms with Crippen LogP contribution in [-0.2, 0) is 26.5 Å². The number of carbonyl (C=O) groups excluding carboxylic acids is 2. The summed E-state index contributed by atoms with van der Waals surface area (Å²) >= 11 is 6.02. The van der Waals surface area contributed by atoms with Crippen molar-refractivity contribution < 1.29 is 37.7 Å². The van der Waals surface area contributed by atoms with Crippen molar-refractivity contribution in [2.75, 3.05) is 38.0 Å². The van der Waals surface area contributed by atoms with Gasteiger partial charge in [0.2, 0.25) is 0 Å². The third-order valence-corrected chi connectivity index (χ3v) is 9.58. The molecule has 3 heterocycles. The second kappa shape index (κ2) is 14.9. The van der Waals surface area contributed by atoms with Gasteiger partial charge in [0.15, 0.2) is 5.75 Å². The minimum atomic E-state index is -3.12. The number of rotatable bonds is 11. The number of hydrogen-bond acceptors (Lipinski definition) is 7. The van der Waals surface area contributed by atoms with Crippen molar-refractivity contribution in [2.45, 2.75) is 64.2 Å². The molecule has 1 aromatic heterocycles. The minimum absolute atomic E-state index is 0.0308. The zero-order valence-corrected chi connectivity index (χ0v) is 27.7. The number of amides is 2. The number of carboxylic acids is 1. The van der Waals surface area contributed by atoms with Crippen LogP contribution in [0.1, 0.15) is 56.7 Å². The molecular formula is C34H40ClF2N5O6. The summed E-state index contributed by atoms with van der Waals surface area (Å²) in [7, 11) is 0. The lowest BCUT2D eigenvalue weighted by Crippen LogP contribution is -2.57. The number of likely N-dealkylation sites (tertiary alicyclic amines) is 2. The highest BCUT2D eigenvalue weighted by Gasteiger charge is 2.49. The van der Waals surface area contributed by atoms with E-state index >= 15 is 0 Å². The Kier molecular flexibility index (Phi) is 10.9. The van der Waals surface area contributed by atoms with Crippen LogP contribution < -0.4 is 10.1 Å². The zero-order chi connectivity index (χ0) is 34.5. The molecule has 258 valence electrons. The van der Waals surface area contributed by atoms with E-state index in [-0.39, 0.29) is 74.3 Å². The van der Waals surface area contributed by atoms with Gasteiger partial charge in [0.1, 0.15) is 12.1 Å². The number of benzene rings is 2. The fourth-order valence-corrected chi connectivity index (χ4v) is 6.71. The Balaban J connectivity index is 1.29. The van der Waals surface area contributed by atoms with E-state index in [0.717, 1.165) is 11.3 Å². The number of carboxylic acid groups (broad SMARTS) is 1. The van der Waals surface area contributed by atoms with Crippen molar-refractivity contribution in [3.63, 3.8) is 0 Å². The molecule has 2 amide bonds. The number of hydrogen-bond donors (Lipinski definition) is 2. The lowest BCUT2D eigenvalue weighted by Gasteiger charge is -2.45. The Morgan fingerprint density at radius 3 is 2.31 bits per heavy atom. The van der Waals surface area contributed by atoms with Crippen LogP contribution >= 0.6 is 11.6 Å². The molecule has 0 spiro atoms. The van der Waals surface area contributed by atoms with E-state index in [0.29, 0.717) is 13.1 Å². The maximum absolute atomic E-state index is 14.2. The molecule has 0 atom stereocenters. The highest BCUT2D eigenvalue weighted by atomic mass is 35.5. The molecule has 2 fully saturated rings. The van der Waals surface area contributed by atoms with Gasteiger partial charge >= 0.3 is 18.7 Å². The first kappa shape index (κ1) is 35.1. The van der Waals surface area contributed by atoms with E-state index in [9.17, 15) is 28.3 Å². The molecule has 11 nitrogen and oxygen atoms in total. The molecule has 2 aliphatic rings. The van der Waals surface area contributed by atoms with Gasteiger partial charge in [0.25, 0.3) is 5.91 Å². The fraction of sp³-hybridized carbons (Fsp3) is 0.471. The summed E-state index contributed by atoms with van der Waals surface area (Å²) in [4.78, 5) is 43.2. The molecule has 0 aliphatic carbocycles. The largest absolute Gasteiger partial charge is 0.481 e. The molecule has 3 aromatic rings. The molecule has 0 saturated carbocycles. The standard InChI is InChI=1S/C34H40ClF2N5O6/c1-23(2)27-10-15-38-42(27)34(29(43)39-26-9-8-25(35)20-28(26)48-31(36)37)13-16-40(17-14-34)22-33(30(44)45)11-18-41(19-12-33)32(46)47-21-24-6-4-3-5-7-24/h3-10,15,20,23,31H,11-14,16-19,21-22H2,1-2H3,(H,39,43)(H,44,45). The fourth-order valence-electron chi connectivity index (χ4n) is 6.55. The van der Waals surface area contributed by atoms with Crippen LogP contribution in [0.2, 0.25) is 5.02 Å². The molecule has 0 bridgehead atoms. The highest BCUT2D eigenvalue weighted by molar-refractivity contribution is 6.30. The molecule has 14 heteroatoms. The van der Waals surface area contributed by atoms with Crippen LogP contribution in [0, 0.1) is 5.41 Å². The monoisotopic (exact) mass is 687 g/mol. The number of nitrogens with one attached hydrogen (secondary N) is 1. The average molecular weight is 688 g/mol. The van der Waals surface area contributed by atoms with E-state index in [1.807, 2.05) is 55.1 Å². The molecule has 0 unspecified atom stereocenters. The molecule has 48 heavy (non-hydrogen) atoms. The van der Waals surface area contributed by atoms with Crippen molar-refractivity contribution in [3.05, 3.63) is 77.1 Å². The smallest absolute Gasteiger partial charge is 0.410 e. The maximum atomic E-state index is 14.2. The van der Waals surface area contributed by atoms with Gasteiger partial charge in [-0.05, 0) is 55.4 Å². The second-order valence-electron chi connectivity index (χ2n) is 12.7. The summed E-state index contributed by atoms with van der Waals surface area (Å²) in [6, 6.07) is 15.3. The van der Waals surface area contributed by atoms with Gasteiger partial charge in [0.05, 0.1) is 11.1 Å². The number of piperidine rings is 2. The molecule has 2 aromatic carbocycles. The summed E-state index contributed by atoms with van der Waals surface area (Å²) in [6.45, 7) is 2.48. The van der Waals surface area contributed by atoms with Gasteiger partial charge in [0, 0.05) is 55.7 Å². The van der Waals surface area contributed by atoms with Crippen molar-refractivity contribution in [2.24, 2.45) is 5.41 Å². The quantitative estimate of drug-likeness (QED) is 0.244. The molecular weight excluding hydrogens is 648 g/mol. The molecule has 0 radical (unpaired) electrons. The Bertz CT molecular complexity index is 1590.